The van der Waals surface area contributed by atoms with Crippen molar-refractivity contribution in [1.82, 2.24) is 0 Å². The second-order valence-electron chi connectivity index (χ2n) is 6.11. The highest BCUT2D eigenvalue weighted by Crippen LogP contribution is 2.39. The van der Waals surface area contributed by atoms with E-state index in [-0.39, 0.29) is 11.3 Å². The summed E-state index contributed by atoms with van der Waals surface area (Å²) in [5.74, 6) is -0.927. The molecule has 0 saturated carbocycles. The van der Waals surface area contributed by atoms with Crippen molar-refractivity contribution in [1.29, 1.82) is 0 Å². The van der Waals surface area contributed by atoms with Gasteiger partial charge in [-0.2, -0.15) is 0 Å². The minimum atomic E-state index is -2.66. The molecule has 1 aliphatic rings. The molecule has 0 radical (unpaired) electrons. The van der Waals surface area contributed by atoms with E-state index in [2.05, 4.69) is 0 Å². The van der Waals surface area contributed by atoms with Gasteiger partial charge in [-0.1, -0.05) is 6.07 Å². The molecule has 0 amide bonds. The maximum Gasteiger partial charge on any atom is 0.339 e. The number of carboxylic acid groups (broad SMARTS) is 1. The van der Waals surface area contributed by atoms with Gasteiger partial charge < -0.3 is 19.5 Å². The van der Waals surface area contributed by atoms with Crippen LogP contribution in [0.1, 0.15) is 15.9 Å². The lowest BCUT2D eigenvalue weighted by Gasteiger charge is -2.25. The first-order valence-electron chi connectivity index (χ1n) is 8.24. The maximum absolute atomic E-state index is 11.8. The minimum Gasteiger partial charge on any atom is -0.755 e. The number of benzene rings is 2. The van der Waals surface area contributed by atoms with Crippen LogP contribution < -0.4 is 9.04 Å². The van der Waals surface area contributed by atoms with Gasteiger partial charge in [-0.15, -0.1) is 11.3 Å². The van der Waals surface area contributed by atoms with Gasteiger partial charge in [0.15, 0.2) is 0 Å². The molecule has 0 saturated heterocycles. The van der Waals surface area contributed by atoms with E-state index < -0.39 is 23.0 Å². The Morgan fingerprint density at radius 2 is 2.00 bits per heavy atom. The van der Waals surface area contributed by atoms with Crippen molar-refractivity contribution < 1.29 is 28.5 Å². The fourth-order valence-corrected chi connectivity index (χ4v) is 4.71. The Hall–Kier alpha value is -2.88. The Morgan fingerprint density at radius 3 is 2.71 bits per heavy atom. The molecule has 144 valence electrons. The van der Waals surface area contributed by atoms with Crippen LogP contribution in [0.3, 0.4) is 0 Å². The Labute approximate surface area is 166 Å². The molecule has 2 aromatic carbocycles. The van der Waals surface area contributed by atoms with Crippen LogP contribution in [0, 0.1) is 0 Å². The molecule has 2 N–H and O–H groups in total. The molecule has 1 atom stereocenters. The highest BCUT2D eigenvalue weighted by molar-refractivity contribution is 7.81. The van der Waals surface area contributed by atoms with Crippen LogP contribution in [0.15, 0.2) is 47.8 Å². The Bertz CT molecular complexity index is 1090. The van der Waals surface area contributed by atoms with Crippen LogP contribution in [0.2, 0.25) is 0 Å². The summed E-state index contributed by atoms with van der Waals surface area (Å²) in [6.07, 6.45) is 0.839. The van der Waals surface area contributed by atoms with Gasteiger partial charge in [-0.25, -0.2) is 4.79 Å². The van der Waals surface area contributed by atoms with E-state index in [4.69, 9.17) is 9.84 Å². The average Bonchev–Trinajstić information content (AvgIpc) is 3.30. The summed E-state index contributed by atoms with van der Waals surface area (Å²) in [7, 11) is 0. The largest absolute Gasteiger partial charge is 0.755 e. The summed E-state index contributed by atoms with van der Waals surface area (Å²) >= 11 is -1.43. The SMILES string of the molecule is O=C(O)c1ccc(N(c2cc(-c3ccc4c(c3)CCO4)cs2)S(=O)[O-])cc1O. The van der Waals surface area contributed by atoms with Crippen LogP contribution in [-0.2, 0) is 17.7 Å². The number of hydrogen-bond donors (Lipinski definition) is 2. The fourth-order valence-electron chi connectivity index (χ4n) is 3.06. The third kappa shape index (κ3) is 3.35. The zero-order chi connectivity index (χ0) is 19.8. The second kappa shape index (κ2) is 7.27. The van der Waals surface area contributed by atoms with Gasteiger partial charge in [0.05, 0.1) is 23.6 Å². The maximum atomic E-state index is 11.8. The molecule has 2 heterocycles. The number of thiophene rings is 1. The lowest BCUT2D eigenvalue weighted by molar-refractivity contribution is 0.0694. The van der Waals surface area contributed by atoms with Crippen LogP contribution in [0.5, 0.6) is 11.5 Å². The highest BCUT2D eigenvalue weighted by atomic mass is 32.2. The number of rotatable bonds is 5. The molecule has 0 bridgehead atoms. The van der Waals surface area contributed by atoms with E-state index in [1.54, 1.807) is 6.07 Å². The summed E-state index contributed by atoms with van der Waals surface area (Å²) < 4.78 is 30.2. The summed E-state index contributed by atoms with van der Waals surface area (Å²) in [4.78, 5) is 11.0. The van der Waals surface area contributed by atoms with Crippen LogP contribution >= 0.6 is 11.3 Å². The lowest BCUT2D eigenvalue weighted by atomic mass is 10.0. The molecule has 0 aliphatic carbocycles. The molecule has 4 rings (SSSR count). The minimum absolute atomic E-state index is 0.145. The van der Waals surface area contributed by atoms with Gasteiger partial charge in [-0.05, 0) is 47.0 Å². The topological polar surface area (TPSA) is 110 Å². The lowest BCUT2D eigenvalue weighted by Crippen LogP contribution is -2.18. The molecule has 1 aliphatic heterocycles. The molecule has 0 spiro atoms. The van der Waals surface area contributed by atoms with Gasteiger partial charge >= 0.3 is 5.97 Å². The fraction of sp³-hybridized carbons (Fsp3) is 0.105. The highest BCUT2D eigenvalue weighted by Gasteiger charge is 2.18. The average molecular weight is 416 g/mol. The number of carbonyl (C=O) groups is 1. The quantitative estimate of drug-likeness (QED) is 0.614. The third-order valence-electron chi connectivity index (χ3n) is 4.40. The van der Waals surface area contributed by atoms with Gasteiger partial charge in [0.1, 0.15) is 22.1 Å². The summed E-state index contributed by atoms with van der Waals surface area (Å²) in [6.45, 7) is 0.659. The van der Waals surface area contributed by atoms with Crippen LogP contribution in [0.25, 0.3) is 11.1 Å². The smallest absolute Gasteiger partial charge is 0.339 e. The number of aromatic carboxylic acids is 1. The van der Waals surface area contributed by atoms with E-state index >= 15 is 0 Å². The van der Waals surface area contributed by atoms with E-state index in [9.17, 15) is 18.7 Å². The Kier molecular flexibility index (Phi) is 4.80. The van der Waals surface area contributed by atoms with Crippen molar-refractivity contribution in [2.24, 2.45) is 0 Å². The van der Waals surface area contributed by atoms with Crippen molar-refractivity contribution in [3.05, 3.63) is 59.0 Å². The zero-order valence-electron chi connectivity index (χ0n) is 14.3. The Balaban J connectivity index is 1.69. The Morgan fingerprint density at radius 1 is 1.18 bits per heavy atom. The van der Waals surface area contributed by atoms with Crippen molar-refractivity contribution >= 4 is 39.3 Å². The first-order chi connectivity index (χ1) is 13.4. The second-order valence-corrected chi connectivity index (χ2v) is 7.80. The molecule has 28 heavy (non-hydrogen) atoms. The van der Waals surface area contributed by atoms with E-state index in [1.165, 1.54) is 23.5 Å². The molecule has 7 nitrogen and oxygen atoms in total. The van der Waals surface area contributed by atoms with Crippen LogP contribution in [0.4, 0.5) is 10.7 Å². The van der Waals surface area contributed by atoms with Crippen molar-refractivity contribution in [3.8, 4) is 22.6 Å². The summed E-state index contributed by atoms with van der Waals surface area (Å²) in [6, 6.07) is 11.2. The van der Waals surface area contributed by atoms with E-state index in [1.807, 2.05) is 23.6 Å². The molecule has 0 fully saturated rings. The number of phenols is 1. The standard InChI is InChI=1S/C19H15NO6S2/c21-16-9-14(2-3-15(16)19(22)23)20(28(24)25)18-8-13(10-27-18)11-1-4-17-12(7-11)5-6-26-17/h1-4,7-10,21H,5-6H2,(H,22,23)(H,24,25)/p-1. The molecule has 3 aromatic rings. The number of nitrogens with zero attached hydrogens (tertiary/aromatic N) is 1. The van der Waals surface area contributed by atoms with Gasteiger partial charge in [0, 0.05) is 17.9 Å². The van der Waals surface area contributed by atoms with Gasteiger partial charge in [0.2, 0.25) is 0 Å². The van der Waals surface area contributed by atoms with Crippen molar-refractivity contribution in [3.63, 3.8) is 0 Å². The number of anilines is 2. The molecule has 1 aromatic heterocycles. The number of carboxylic acids is 1. The third-order valence-corrected chi connectivity index (χ3v) is 6.14. The predicted molar refractivity (Wildman–Crippen MR) is 105 cm³/mol. The predicted octanol–water partition coefficient (Wildman–Crippen LogP) is 3.69. The summed E-state index contributed by atoms with van der Waals surface area (Å²) in [5.41, 5.74) is 2.77. The zero-order valence-corrected chi connectivity index (χ0v) is 16.0. The molecule has 9 heteroatoms. The van der Waals surface area contributed by atoms with Crippen molar-refractivity contribution in [2.45, 2.75) is 6.42 Å². The first kappa shape index (κ1) is 18.5. The van der Waals surface area contributed by atoms with Gasteiger partial charge in [0.25, 0.3) is 0 Å². The van der Waals surface area contributed by atoms with Gasteiger partial charge in [-0.3, -0.25) is 8.51 Å². The van der Waals surface area contributed by atoms with E-state index in [0.29, 0.717) is 11.6 Å². The van der Waals surface area contributed by atoms with Crippen molar-refractivity contribution in [2.75, 3.05) is 10.9 Å². The molecule has 1 unspecified atom stereocenters. The molecular weight excluding hydrogens is 402 g/mol. The molecular formula is C19H14NO6S2-. The number of fused-ring (bicyclic) bond motifs is 1. The number of aromatic hydroxyl groups is 1. The monoisotopic (exact) mass is 416 g/mol. The van der Waals surface area contributed by atoms with E-state index in [0.717, 1.165) is 39.2 Å². The first-order valence-corrected chi connectivity index (χ1v) is 10.2. The number of hydrogen-bond acceptors (Lipinski definition) is 6. The number of ether oxygens (including phenoxy) is 1. The normalized spacial score (nSPS) is 13.6. The summed E-state index contributed by atoms with van der Waals surface area (Å²) in [5, 5.41) is 21.2. The van der Waals surface area contributed by atoms with Crippen LogP contribution in [-0.4, -0.2) is 31.6 Å².